The van der Waals surface area contributed by atoms with Crippen molar-refractivity contribution in [1.82, 2.24) is 20.4 Å². The molecule has 0 aliphatic carbocycles. The van der Waals surface area contributed by atoms with Crippen molar-refractivity contribution in [3.8, 4) is 0 Å². The van der Waals surface area contributed by atoms with Crippen molar-refractivity contribution < 1.29 is 19.1 Å². The quantitative estimate of drug-likeness (QED) is 0.624. The van der Waals surface area contributed by atoms with Gasteiger partial charge in [0.05, 0.1) is 19.3 Å². The van der Waals surface area contributed by atoms with E-state index in [1.807, 2.05) is 4.90 Å². The summed E-state index contributed by atoms with van der Waals surface area (Å²) < 4.78 is 10.9. The van der Waals surface area contributed by atoms with Gasteiger partial charge in [0.15, 0.2) is 0 Å². The molecule has 0 aromatic rings. The lowest BCUT2D eigenvalue weighted by Gasteiger charge is -2.35. The number of rotatable bonds is 6. The fourth-order valence-electron chi connectivity index (χ4n) is 3.84. The smallest absolute Gasteiger partial charge is 0.252 e. The Labute approximate surface area is 149 Å². The van der Waals surface area contributed by atoms with Crippen LogP contribution in [0.4, 0.5) is 0 Å². The Morgan fingerprint density at radius 2 is 2.04 bits per heavy atom. The summed E-state index contributed by atoms with van der Waals surface area (Å²) >= 11 is 0. The van der Waals surface area contributed by atoms with E-state index in [4.69, 9.17) is 9.47 Å². The van der Waals surface area contributed by atoms with E-state index < -0.39 is 5.60 Å². The van der Waals surface area contributed by atoms with Gasteiger partial charge in [0.2, 0.25) is 5.91 Å². The van der Waals surface area contributed by atoms with Crippen LogP contribution in [0.15, 0.2) is 0 Å². The summed E-state index contributed by atoms with van der Waals surface area (Å²) in [6.45, 7) is 7.09. The van der Waals surface area contributed by atoms with E-state index in [1.165, 1.54) is 0 Å². The number of ether oxygens (including phenoxy) is 2. The molecule has 3 saturated heterocycles. The lowest BCUT2D eigenvalue weighted by atomic mass is 9.90. The summed E-state index contributed by atoms with van der Waals surface area (Å²) in [6, 6.07) is -0.119. The fourth-order valence-corrected chi connectivity index (χ4v) is 3.84. The lowest BCUT2D eigenvalue weighted by Crippen LogP contribution is -2.56. The highest BCUT2D eigenvalue weighted by Crippen LogP contribution is 2.23. The van der Waals surface area contributed by atoms with E-state index >= 15 is 0 Å². The first-order valence-electron chi connectivity index (χ1n) is 9.28. The number of carbonyl (C=O) groups is 2. The van der Waals surface area contributed by atoms with E-state index in [0.717, 1.165) is 45.9 Å². The van der Waals surface area contributed by atoms with Crippen LogP contribution in [0.3, 0.4) is 0 Å². The van der Waals surface area contributed by atoms with E-state index in [9.17, 15) is 9.59 Å². The molecule has 3 aliphatic rings. The highest BCUT2D eigenvalue weighted by molar-refractivity contribution is 5.87. The van der Waals surface area contributed by atoms with E-state index in [0.29, 0.717) is 32.4 Å². The summed E-state index contributed by atoms with van der Waals surface area (Å²) in [6.07, 6.45) is 1.71. The van der Waals surface area contributed by atoms with Crippen LogP contribution >= 0.6 is 0 Å². The maximum absolute atomic E-state index is 12.7. The van der Waals surface area contributed by atoms with Crippen molar-refractivity contribution in [3.05, 3.63) is 0 Å². The number of amides is 2. The molecule has 1 atom stereocenters. The third kappa shape index (κ3) is 4.49. The number of hydrogen-bond acceptors (Lipinski definition) is 6. The third-order valence-corrected chi connectivity index (χ3v) is 5.56. The highest BCUT2D eigenvalue weighted by Gasteiger charge is 2.42. The van der Waals surface area contributed by atoms with Gasteiger partial charge in [-0.3, -0.25) is 14.5 Å². The fraction of sp³-hybridized carbons (Fsp3) is 0.882. The minimum atomic E-state index is -0.754. The van der Waals surface area contributed by atoms with Gasteiger partial charge in [0, 0.05) is 46.3 Å². The van der Waals surface area contributed by atoms with Crippen LogP contribution in [0.25, 0.3) is 0 Å². The number of piperidine rings is 1. The van der Waals surface area contributed by atoms with Crippen molar-refractivity contribution in [2.24, 2.45) is 0 Å². The van der Waals surface area contributed by atoms with E-state index in [1.54, 1.807) is 7.11 Å². The van der Waals surface area contributed by atoms with Gasteiger partial charge in [0.1, 0.15) is 5.60 Å². The molecule has 142 valence electrons. The van der Waals surface area contributed by atoms with Gasteiger partial charge in [0.25, 0.3) is 5.91 Å². The summed E-state index contributed by atoms with van der Waals surface area (Å²) in [4.78, 5) is 29.1. The van der Waals surface area contributed by atoms with Crippen molar-refractivity contribution in [3.63, 3.8) is 0 Å². The number of carbonyl (C=O) groups excluding carboxylic acids is 2. The molecule has 3 rings (SSSR count). The maximum atomic E-state index is 12.7. The summed E-state index contributed by atoms with van der Waals surface area (Å²) in [7, 11) is 1.60. The average molecular weight is 354 g/mol. The standard InChI is InChI=1S/C17H30N4O4/c1-24-17(2-4-18-5-3-17)16(23)19-14-12-15(22)21(13-14)7-6-20-8-10-25-11-9-20/h14,18H,2-13H2,1H3,(H,19,23). The molecule has 3 heterocycles. The van der Waals surface area contributed by atoms with Crippen LogP contribution in [-0.4, -0.2) is 99.4 Å². The number of methoxy groups -OCH3 is 1. The molecule has 3 fully saturated rings. The van der Waals surface area contributed by atoms with Crippen LogP contribution in [0.1, 0.15) is 19.3 Å². The number of hydrogen-bond donors (Lipinski definition) is 2. The molecular formula is C17H30N4O4. The van der Waals surface area contributed by atoms with Crippen LogP contribution in [-0.2, 0) is 19.1 Å². The van der Waals surface area contributed by atoms with Gasteiger partial charge >= 0.3 is 0 Å². The number of nitrogens with one attached hydrogen (secondary N) is 2. The number of likely N-dealkylation sites (tertiary alicyclic amines) is 1. The molecule has 1 unspecified atom stereocenters. The second kappa shape index (κ2) is 8.44. The molecule has 0 aromatic heterocycles. The Balaban J connectivity index is 1.47. The minimum absolute atomic E-state index is 0.0793. The molecule has 3 aliphatic heterocycles. The van der Waals surface area contributed by atoms with Crippen LogP contribution < -0.4 is 10.6 Å². The summed E-state index contributed by atoms with van der Waals surface area (Å²) in [5, 5.41) is 6.30. The lowest BCUT2D eigenvalue weighted by molar-refractivity contribution is -0.147. The Bertz CT molecular complexity index is 475. The van der Waals surface area contributed by atoms with Gasteiger partial charge in [-0.1, -0.05) is 0 Å². The maximum Gasteiger partial charge on any atom is 0.252 e. The zero-order valence-electron chi connectivity index (χ0n) is 15.1. The van der Waals surface area contributed by atoms with E-state index in [-0.39, 0.29) is 17.9 Å². The van der Waals surface area contributed by atoms with Gasteiger partial charge in [-0.05, 0) is 25.9 Å². The first-order valence-corrected chi connectivity index (χ1v) is 9.28. The third-order valence-electron chi connectivity index (χ3n) is 5.56. The Morgan fingerprint density at radius 1 is 1.32 bits per heavy atom. The van der Waals surface area contributed by atoms with E-state index in [2.05, 4.69) is 15.5 Å². The number of nitrogens with zero attached hydrogens (tertiary/aromatic N) is 2. The highest BCUT2D eigenvalue weighted by atomic mass is 16.5. The molecule has 0 saturated carbocycles. The summed E-state index contributed by atoms with van der Waals surface area (Å²) in [5.41, 5.74) is -0.754. The van der Waals surface area contributed by atoms with Crippen LogP contribution in [0.2, 0.25) is 0 Å². The molecule has 0 spiro atoms. The Morgan fingerprint density at radius 3 is 2.72 bits per heavy atom. The largest absolute Gasteiger partial charge is 0.379 e. The molecule has 2 N–H and O–H groups in total. The first kappa shape index (κ1) is 18.6. The molecule has 25 heavy (non-hydrogen) atoms. The molecule has 8 heteroatoms. The van der Waals surface area contributed by atoms with Gasteiger partial charge in [-0.25, -0.2) is 0 Å². The Hall–Kier alpha value is -1.22. The van der Waals surface area contributed by atoms with Crippen molar-refractivity contribution in [2.45, 2.75) is 30.9 Å². The second-order valence-corrected chi connectivity index (χ2v) is 7.12. The van der Waals surface area contributed by atoms with Crippen LogP contribution in [0.5, 0.6) is 0 Å². The molecule has 0 aromatic carbocycles. The average Bonchev–Trinajstić information content (AvgIpc) is 3.00. The Kier molecular flexibility index (Phi) is 6.27. The van der Waals surface area contributed by atoms with Crippen molar-refractivity contribution in [2.75, 3.05) is 66.1 Å². The molecule has 2 amide bonds. The zero-order valence-corrected chi connectivity index (χ0v) is 15.1. The topological polar surface area (TPSA) is 83.1 Å². The van der Waals surface area contributed by atoms with Gasteiger partial charge < -0.3 is 25.0 Å². The normalized spacial score (nSPS) is 27.5. The SMILES string of the molecule is COC1(C(=O)NC2CC(=O)N(CCN3CCOCC3)C2)CCNCC1. The molecule has 0 radical (unpaired) electrons. The van der Waals surface area contributed by atoms with Crippen molar-refractivity contribution in [1.29, 1.82) is 0 Å². The molecule has 0 bridgehead atoms. The second-order valence-electron chi connectivity index (χ2n) is 7.12. The minimum Gasteiger partial charge on any atom is -0.379 e. The monoisotopic (exact) mass is 354 g/mol. The molecular weight excluding hydrogens is 324 g/mol. The zero-order chi connectivity index (χ0) is 17.7. The first-order chi connectivity index (χ1) is 12.1. The van der Waals surface area contributed by atoms with Crippen molar-refractivity contribution >= 4 is 11.8 Å². The predicted molar refractivity (Wildman–Crippen MR) is 92.2 cm³/mol. The molecule has 8 nitrogen and oxygen atoms in total. The van der Waals surface area contributed by atoms with Gasteiger partial charge in [-0.2, -0.15) is 0 Å². The van der Waals surface area contributed by atoms with Crippen LogP contribution in [0, 0.1) is 0 Å². The summed E-state index contributed by atoms with van der Waals surface area (Å²) in [5.74, 6) is 0.0414. The van der Waals surface area contributed by atoms with Gasteiger partial charge in [-0.15, -0.1) is 0 Å². The predicted octanol–water partition coefficient (Wildman–Crippen LogP) is -1.20. The number of morpholine rings is 1.